The summed E-state index contributed by atoms with van der Waals surface area (Å²) < 4.78 is 24.2. The molecule has 2 aromatic carbocycles. The maximum absolute atomic E-state index is 12.0. The summed E-state index contributed by atoms with van der Waals surface area (Å²) in [5.41, 5.74) is -1.18. The van der Waals surface area contributed by atoms with Crippen LogP contribution >= 0.6 is 0 Å². The Balaban J connectivity index is 2.15. The first-order valence-electron chi connectivity index (χ1n) is 11.5. The molecule has 3 rings (SSSR count). The molecule has 0 bridgehead atoms. The highest BCUT2D eigenvalue weighted by molar-refractivity contribution is 6.99. The molecule has 0 spiro atoms. The number of hydrogen-bond donors (Lipinski definition) is 1. The lowest BCUT2D eigenvalue weighted by atomic mass is 9.97. The van der Waals surface area contributed by atoms with Crippen LogP contribution in [0.5, 0.6) is 0 Å². The molecular formula is C27H36O6Si. The number of aliphatic hydroxyl groups excluding tert-OH is 1. The fourth-order valence-electron chi connectivity index (χ4n) is 4.75. The van der Waals surface area contributed by atoms with Gasteiger partial charge in [-0.05, 0) is 35.3 Å². The number of aliphatic hydroxyl groups is 1. The Labute approximate surface area is 203 Å². The highest BCUT2D eigenvalue weighted by atomic mass is 28.4. The molecule has 7 heteroatoms. The molecule has 34 heavy (non-hydrogen) atoms. The Morgan fingerprint density at radius 3 is 2.03 bits per heavy atom. The van der Waals surface area contributed by atoms with E-state index < -0.39 is 31.8 Å². The standard InChI is InChI=1S/C27H36O6Si/c1-25(2,3)34(21-13-9-7-10-14-21,22-15-11-8-12-16-22)31-20-27(18-17-24(29)30-6)23(19-28)32-26(4,5)33-27/h7-18,23,28H,19-20H2,1-6H3/b18-17+/t23-,27-/m1/s1. The smallest absolute Gasteiger partial charge is 0.330 e. The summed E-state index contributed by atoms with van der Waals surface area (Å²) in [4.78, 5) is 12.0. The predicted octanol–water partition coefficient (Wildman–Crippen LogP) is 3.17. The highest BCUT2D eigenvalue weighted by Gasteiger charge is 2.56. The number of carbonyl (C=O) groups is 1. The van der Waals surface area contributed by atoms with Gasteiger partial charge >= 0.3 is 5.97 Å². The molecule has 1 fully saturated rings. The fourth-order valence-corrected chi connectivity index (χ4v) is 9.35. The zero-order valence-corrected chi connectivity index (χ0v) is 21.9. The van der Waals surface area contributed by atoms with Crippen molar-refractivity contribution >= 4 is 24.7 Å². The second kappa shape index (κ2) is 10.1. The Kier molecular flexibility index (Phi) is 7.84. The van der Waals surface area contributed by atoms with E-state index in [0.717, 1.165) is 10.4 Å². The van der Waals surface area contributed by atoms with Crippen LogP contribution in [0, 0.1) is 0 Å². The van der Waals surface area contributed by atoms with Crippen molar-refractivity contribution in [2.45, 2.75) is 57.1 Å². The fraction of sp³-hybridized carbons (Fsp3) is 0.444. The van der Waals surface area contributed by atoms with Crippen molar-refractivity contribution in [1.29, 1.82) is 0 Å². The van der Waals surface area contributed by atoms with Crippen molar-refractivity contribution in [2.24, 2.45) is 0 Å². The Hall–Kier alpha value is -2.29. The van der Waals surface area contributed by atoms with E-state index in [-0.39, 0.29) is 18.3 Å². The van der Waals surface area contributed by atoms with Gasteiger partial charge in [-0.1, -0.05) is 81.4 Å². The lowest BCUT2D eigenvalue weighted by molar-refractivity contribution is -0.161. The van der Waals surface area contributed by atoms with Gasteiger partial charge in [0, 0.05) is 6.08 Å². The van der Waals surface area contributed by atoms with E-state index in [2.05, 4.69) is 45.0 Å². The first-order valence-corrected chi connectivity index (χ1v) is 13.4. The molecule has 0 unspecified atom stereocenters. The number of rotatable bonds is 8. The number of carbonyl (C=O) groups excluding carboxylic acids is 1. The third-order valence-corrected chi connectivity index (χ3v) is 11.2. The van der Waals surface area contributed by atoms with E-state index in [1.807, 2.05) is 36.4 Å². The predicted molar refractivity (Wildman–Crippen MR) is 135 cm³/mol. The van der Waals surface area contributed by atoms with E-state index in [4.69, 9.17) is 18.6 Å². The highest BCUT2D eigenvalue weighted by Crippen LogP contribution is 2.41. The van der Waals surface area contributed by atoms with Gasteiger partial charge < -0.3 is 23.7 Å². The van der Waals surface area contributed by atoms with E-state index in [1.165, 1.54) is 13.2 Å². The van der Waals surface area contributed by atoms with Crippen LogP contribution in [0.3, 0.4) is 0 Å². The van der Waals surface area contributed by atoms with Crippen molar-refractivity contribution in [1.82, 2.24) is 0 Å². The van der Waals surface area contributed by atoms with Gasteiger partial charge in [-0.3, -0.25) is 0 Å². The largest absolute Gasteiger partial charge is 0.466 e. The maximum atomic E-state index is 12.0. The lowest BCUT2D eigenvalue weighted by Crippen LogP contribution is -2.68. The normalized spacial score (nSPS) is 22.7. The summed E-state index contributed by atoms with van der Waals surface area (Å²) in [6.45, 7) is 9.93. The molecule has 0 aromatic heterocycles. The quantitative estimate of drug-likeness (QED) is 0.352. The molecule has 2 aromatic rings. The third kappa shape index (κ3) is 5.19. The maximum Gasteiger partial charge on any atom is 0.330 e. The van der Waals surface area contributed by atoms with Crippen LogP contribution in [0.25, 0.3) is 0 Å². The average molecular weight is 485 g/mol. The number of benzene rings is 2. The van der Waals surface area contributed by atoms with Gasteiger partial charge in [0.1, 0.15) is 11.7 Å². The topological polar surface area (TPSA) is 74.2 Å². The zero-order chi connectivity index (χ0) is 25.0. The van der Waals surface area contributed by atoms with Crippen molar-refractivity contribution in [3.8, 4) is 0 Å². The summed E-state index contributed by atoms with van der Waals surface area (Å²) in [5, 5.41) is 12.2. The lowest BCUT2D eigenvalue weighted by Gasteiger charge is -2.45. The van der Waals surface area contributed by atoms with Crippen LogP contribution in [-0.4, -0.2) is 57.2 Å². The van der Waals surface area contributed by atoms with Crippen molar-refractivity contribution in [2.75, 3.05) is 20.3 Å². The molecule has 1 N–H and O–H groups in total. The molecule has 1 heterocycles. The molecule has 0 aliphatic carbocycles. The van der Waals surface area contributed by atoms with Crippen molar-refractivity contribution in [3.63, 3.8) is 0 Å². The second-order valence-electron chi connectivity index (χ2n) is 10.1. The van der Waals surface area contributed by atoms with Gasteiger partial charge in [-0.2, -0.15) is 0 Å². The van der Waals surface area contributed by atoms with E-state index in [1.54, 1.807) is 19.9 Å². The number of ether oxygens (including phenoxy) is 3. The van der Waals surface area contributed by atoms with Crippen molar-refractivity contribution < 1.29 is 28.5 Å². The molecule has 0 radical (unpaired) electrons. The van der Waals surface area contributed by atoms with Crippen LogP contribution in [0.15, 0.2) is 72.8 Å². The molecule has 0 saturated carbocycles. The SMILES string of the molecule is COC(=O)/C=C/[C@]1(CO[Si](c2ccccc2)(c2ccccc2)C(C)(C)C)OC(C)(C)O[C@@H]1CO. The van der Waals surface area contributed by atoms with Crippen LogP contribution in [0.4, 0.5) is 0 Å². The number of hydrogen-bond acceptors (Lipinski definition) is 6. The molecular weight excluding hydrogens is 448 g/mol. The Morgan fingerprint density at radius 2 is 1.59 bits per heavy atom. The van der Waals surface area contributed by atoms with Crippen LogP contribution in [0.2, 0.25) is 5.04 Å². The van der Waals surface area contributed by atoms with E-state index in [0.29, 0.717) is 0 Å². The molecule has 1 aliphatic heterocycles. The molecule has 2 atom stereocenters. The van der Waals surface area contributed by atoms with E-state index >= 15 is 0 Å². The molecule has 6 nitrogen and oxygen atoms in total. The van der Waals surface area contributed by atoms with Gasteiger partial charge in [0.15, 0.2) is 5.79 Å². The van der Waals surface area contributed by atoms with Crippen molar-refractivity contribution in [3.05, 3.63) is 72.8 Å². The van der Waals surface area contributed by atoms with Gasteiger partial charge in [0.2, 0.25) is 0 Å². The van der Waals surface area contributed by atoms with E-state index in [9.17, 15) is 9.90 Å². The molecule has 0 amide bonds. The summed E-state index contributed by atoms with van der Waals surface area (Å²) in [7, 11) is -1.57. The Bertz CT molecular complexity index is 944. The minimum atomic E-state index is -2.88. The van der Waals surface area contributed by atoms with Gasteiger partial charge in [0.25, 0.3) is 8.32 Å². The van der Waals surface area contributed by atoms with Gasteiger partial charge in [-0.15, -0.1) is 0 Å². The molecule has 1 saturated heterocycles. The summed E-state index contributed by atoms with van der Waals surface area (Å²) >= 11 is 0. The third-order valence-electron chi connectivity index (χ3n) is 6.21. The van der Waals surface area contributed by atoms with Gasteiger partial charge in [-0.25, -0.2) is 4.79 Å². The minimum absolute atomic E-state index is 0.0857. The first kappa shape index (κ1) is 26.3. The van der Waals surface area contributed by atoms with Crippen LogP contribution in [-0.2, 0) is 23.4 Å². The van der Waals surface area contributed by atoms with Crippen LogP contribution in [0.1, 0.15) is 34.6 Å². The molecule has 184 valence electrons. The number of esters is 1. The monoisotopic (exact) mass is 484 g/mol. The number of methoxy groups -OCH3 is 1. The minimum Gasteiger partial charge on any atom is -0.466 e. The van der Waals surface area contributed by atoms with Crippen LogP contribution < -0.4 is 10.4 Å². The summed E-state index contributed by atoms with van der Waals surface area (Å²) in [6, 6.07) is 20.5. The first-order chi connectivity index (χ1) is 16.0. The summed E-state index contributed by atoms with van der Waals surface area (Å²) in [6.07, 6.45) is 2.19. The second-order valence-corrected chi connectivity index (χ2v) is 14.4. The summed E-state index contributed by atoms with van der Waals surface area (Å²) in [5.74, 6) is -1.49. The molecule has 1 aliphatic rings. The Morgan fingerprint density at radius 1 is 1.06 bits per heavy atom. The zero-order valence-electron chi connectivity index (χ0n) is 20.9. The van der Waals surface area contributed by atoms with Gasteiger partial charge in [0.05, 0.1) is 20.3 Å². The average Bonchev–Trinajstić information content (AvgIpc) is 3.08.